The number of H-pyrrole nitrogens is 2. The zero-order chi connectivity index (χ0) is 34.4. The van der Waals surface area contributed by atoms with E-state index < -0.39 is 18.8 Å². The quantitative estimate of drug-likeness (QED) is 0.139. The molecule has 0 bridgehead atoms. The number of anilines is 1. The topological polar surface area (TPSA) is 67.2 Å². The van der Waals surface area contributed by atoms with Crippen LogP contribution in [0.5, 0.6) is 0 Å². The first-order chi connectivity index (χ1) is 24.4. The lowest BCUT2D eigenvalue weighted by Gasteiger charge is -2.41. The van der Waals surface area contributed by atoms with Crippen LogP contribution in [0.2, 0.25) is 0 Å². The van der Waals surface area contributed by atoms with E-state index in [9.17, 15) is 13.6 Å². The molecule has 5 aromatic rings. The van der Waals surface area contributed by atoms with Gasteiger partial charge in [-0.25, -0.2) is 8.78 Å². The van der Waals surface area contributed by atoms with E-state index in [4.69, 9.17) is 0 Å². The van der Waals surface area contributed by atoms with Gasteiger partial charge in [-0.1, -0.05) is 42.5 Å². The normalized spacial score (nSPS) is 21.2. The van der Waals surface area contributed by atoms with Crippen LogP contribution in [0.1, 0.15) is 67.3 Å². The van der Waals surface area contributed by atoms with Crippen molar-refractivity contribution in [3.05, 3.63) is 113 Å². The van der Waals surface area contributed by atoms with Crippen molar-refractivity contribution in [1.29, 1.82) is 0 Å². The molecule has 258 valence electrons. The Kier molecular flexibility index (Phi) is 8.69. The molecule has 2 aromatic heterocycles. The Labute approximate surface area is 292 Å². The molecule has 50 heavy (non-hydrogen) atoms. The zero-order valence-electron chi connectivity index (χ0n) is 28.9. The summed E-state index contributed by atoms with van der Waals surface area (Å²) in [6.45, 7) is 7.02. The smallest absolute Gasteiger partial charge is 0.235 e. The highest BCUT2D eigenvalue weighted by atomic mass is 19.1. The molecule has 0 saturated heterocycles. The summed E-state index contributed by atoms with van der Waals surface area (Å²) in [5.74, 6) is 0.101. The third kappa shape index (κ3) is 5.78. The van der Waals surface area contributed by atoms with E-state index in [2.05, 4.69) is 75.6 Å². The molecule has 8 rings (SSSR count). The average molecular weight is 674 g/mol. The molecule has 0 aliphatic carbocycles. The number of para-hydroxylation sites is 1. The van der Waals surface area contributed by atoms with Crippen molar-refractivity contribution in [2.24, 2.45) is 0 Å². The number of alkyl halides is 2. The van der Waals surface area contributed by atoms with Crippen LogP contribution in [0, 0.1) is 0 Å². The number of aromatic nitrogens is 2. The minimum Gasteiger partial charge on any atom is -0.361 e. The second-order valence-electron chi connectivity index (χ2n) is 14.6. The largest absolute Gasteiger partial charge is 0.361 e. The van der Waals surface area contributed by atoms with Crippen LogP contribution in [0.15, 0.2) is 85.2 Å². The number of rotatable bonds is 10. The van der Waals surface area contributed by atoms with Crippen molar-refractivity contribution in [3.63, 3.8) is 0 Å². The van der Waals surface area contributed by atoms with E-state index in [1.807, 2.05) is 48.5 Å². The highest BCUT2D eigenvalue weighted by molar-refractivity contribution is 6.06. The maximum Gasteiger partial charge on any atom is 0.235 e. The summed E-state index contributed by atoms with van der Waals surface area (Å²) < 4.78 is 26.9. The number of nitrogens with zero attached hydrogens (tertiary/aromatic N) is 2. The van der Waals surface area contributed by atoms with Crippen molar-refractivity contribution in [2.75, 3.05) is 31.5 Å². The van der Waals surface area contributed by atoms with Crippen LogP contribution < -0.4 is 5.32 Å². The summed E-state index contributed by atoms with van der Waals surface area (Å²) in [5, 5.41) is 5.40. The summed E-state index contributed by atoms with van der Waals surface area (Å²) in [5.41, 5.74) is 9.74. The second kappa shape index (κ2) is 13.3. The maximum absolute atomic E-state index is 14.1. The number of fused-ring (bicyclic) bond motifs is 3. The Morgan fingerprint density at radius 3 is 1.74 bits per heavy atom. The van der Waals surface area contributed by atoms with Gasteiger partial charge in [0.05, 0.1) is 5.41 Å². The Balaban J connectivity index is 1.00. The van der Waals surface area contributed by atoms with Gasteiger partial charge in [-0.15, -0.1) is 0 Å². The molecule has 0 saturated carbocycles. The molecule has 0 radical (unpaired) electrons. The molecular weight excluding hydrogens is 628 g/mol. The summed E-state index contributed by atoms with van der Waals surface area (Å²) in [7, 11) is 0. The van der Waals surface area contributed by atoms with Crippen molar-refractivity contribution in [2.45, 2.75) is 70.4 Å². The summed E-state index contributed by atoms with van der Waals surface area (Å²) in [4.78, 5) is 25.8. The molecule has 8 heteroatoms. The lowest BCUT2D eigenvalue weighted by Crippen LogP contribution is -2.48. The van der Waals surface area contributed by atoms with E-state index >= 15 is 0 Å². The van der Waals surface area contributed by atoms with Crippen LogP contribution in [-0.4, -0.2) is 63.9 Å². The van der Waals surface area contributed by atoms with Crippen LogP contribution in [-0.2, 0) is 23.6 Å². The fraction of sp³-hybridized carbons (Fsp3) is 0.357. The van der Waals surface area contributed by atoms with Crippen molar-refractivity contribution in [3.8, 4) is 0 Å². The molecular formula is C42H45F2N5O. The van der Waals surface area contributed by atoms with Gasteiger partial charge in [0.25, 0.3) is 0 Å². The number of carbonyl (C=O) groups is 1. The number of aromatic amines is 2. The zero-order valence-corrected chi connectivity index (χ0v) is 28.9. The molecule has 0 spiro atoms. The average Bonchev–Trinajstić information content (AvgIpc) is 3.85. The van der Waals surface area contributed by atoms with Crippen LogP contribution in [0.3, 0.4) is 0 Å². The van der Waals surface area contributed by atoms with E-state index in [-0.39, 0.29) is 18.0 Å². The molecule has 0 fully saturated rings. The maximum atomic E-state index is 14.1. The lowest BCUT2D eigenvalue weighted by molar-refractivity contribution is -0.122. The molecule has 3 aromatic carbocycles. The number of nitrogens with one attached hydrogen (secondary N) is 3. The van der Waals surface area contributed by atoms with Gasteiger partial charge in [-0.2, -0.15) is 0 Å². The Morgan fingerprint density at radius 1 is 0.740 bits per heavy atom. The third-order valence-electron chi connectivity index (χ3n) is 11.6. The standard InChI is InChI=1S/C42H45F2N5O/c1-27(48-15-11-31(12-16-48)35-25-45-38-9-7-29(23-43)19-33(35)38)21-42(37-5-3-4-6-40(37)47-41(42)50)22-28(2)49-17-13-32(14-18-49)36-26-46-39-10-8-30(24-44)20-34(36)39/h3-11,13,19-20,25-28,45-46H,12,14-18,21-24H2,1-2H3,(H,47,50). The van der Waals surface area contributed by atoms with Gasteiger partial charge in [-0.3, -0.25) is 14.6 Å². The molecule has 3 N–H and O–H groups in total. The highest BCUT2D eigenvalue weighted by Crippen LogP contribution is 2.46. The van der Waals surface area contributed by atoms with E-state index in [1.54, 1.807) is 0 Å². The highest BCUT2D eigenvalue weighted by Gasteiger charge is 2.49. The molecule has 5 heterocycles. The summed E-state index contributed by atoms with van der Waals surface area (Å²) >= 11 is 0. The minimum atomic E-state index is -0.636. The van der Waals surface area contributed by atoms with Crippen molar-refractivity contribution in [1.82, 2.24) is 19.8 Å². The predicted molar refractivity (Wildman–Crippen MR) is 199 cm³/mol. The predicted octanol–water partition coefficient (Wildman–Crippen LogP) is 8.91. The number of benzene rings is 3. The van der Waals surface area contributed by atoms with Gasteiger partial charge in [0, 0.05) is 89.3 Å². The monoisotopic (exact) mass is 673 g/mol. The van der Waals surface area contributed by atoms with Crippen molar-refractivity contribution >= 4 is 44.5 Å². The molecule has 2 atom stereocenters. The first-order valence-corrected chi connectivity index (χ1v) is 18.0. The van der Waals surface area contributed by atoms with Gasteiger partial charge in [0.2, 0.25) is 5.91 Å². The first-order valence-electron chi connectivity index (χ1n) is 18.0. The lowest BCUT2D eigenvalue weighted by atomic mass is 9.71. The van der Waals surface area contributed by atoms with Gasteiger partial charge < -0.3 is 15.3 Å². The minimum absolute atomic E-state index is 0.101. The fourth-order valence-electron chi connectivity index (χ4n) is 8.82. The number of hydrogen-bond donors (Lipinski definition) is 3. The van der Waals surface area contributed by atoms with Crippen LogP contribution >= 0.6 is 0 Å². The van der Waals surface area contributed by atoms with E-state index in [0.29, 0.717) is 11.1 Å². The fourth-order valence-corrected chi connectivity index (χ4v) is 8.82. The summed E-state index contributed by atoms with van der Waals surface area (Å²) in [6, 6.07) is 20.1. The molecule has 6 nitrogen and oxygen atoms in total. The SMILES string of the molecule is CC(CC1(CC(C)N2CC=C(c3c[nH]c4ccc(CF)cc34)CC2)C(=O)Nc2ccccc21)N1CC=C(c2c[nH]c3ccc(CF)cc23)CC1. The first kappa shape index (κ1) is 32.7. The van der Waals surface area contributed by atoms with Crippen molar-refractivity contribution < 1.29 is 13.6 Å². The third-order valence-corrected chi connectivity index (χ3v) is 11.6. The van der Waals surface area contributed by atoms with Gasteiger partial charge in [0.15, 0.2) is 0 Å². The van der Waals surface area contributed by atoms with Crippen LogP contribution in [0.4, 0.5) is 14.5 Å². The number of hydrogen-bond acceptors (Lipinski definition) is 3. The molecule has 3 aliphatic heterocycles. The van der Waals surface area contributed by atoms with Gasteiger partial charge in [-0.05, 0) is 97.7 Å². The molecule has 3 aliphatic rings. The number of halogens is 2. The van der Waals surface area contributed by atoms with E-state index in [1.165, 1.54) is 11.1 Å². The van der Waals surface area contributed by atoms with E-state index in [0.717, 1.165) is 96.0 Å². The van der Waals surface area contributed by atoms with Gasteiger partial charge >= 0.3 is 0 Å². The summed E-state index contributed by atoms with van der Waals surface area (Å²) in [6.07, 6.45) is 12.0. The van der Waals surface area contributed by atoms with Crippen LogP contribution in [0.25, 0.3) is 33.0 Å². The van der Waals surface area contributed by atoms with Gasteiger partial charge in [0.1, 0.15) is 13.3 Å². The Hall–Kier alpha value is -4.53. The molecule has 1 amide bonds. The Bertz CT molecular complexity index is 2010. The molecule has 2 unspecified atom stereocenters. The second-order valence-corrected chi connectivity index (χ2v) is 14.6. The Morgan fingerprint density at radius 2 is 1.26 bits per heavy atom. The number of carbonyl (C=O) groups excluding carboxylic acids is 1. The number of amides is 1.